The number of methoxy groups -OCH3 is 1. The van der Waals surface area contributed by atoms with Crippen LogP contribution in [0.4, 0.5) is 5.82 Å². The summed E-state index contributed by atoms with van der Waals surface area (Å²) in [6.45, 7) is 3.46. The number of anilines is 1. The maximum Gasteiger partial charge on any atom is 0.240 e. The lowest BCUT2D eigenvalue weighted by atomic mass is 10.2. The number of rotatable bonds is 10. The molecule has 3 rings (SSSR count). The average molecular weight is 404 g/mol. The lowest BCUT2D eigenvalue weighted by Gasteiger charge is -2.08. The SMILES string of the molecule is COCCCNc1ccc2nnc(CCNS(=O)(=O)c3cccc(C)c3)n2n1. The van der Waals surface area contributed by atoms with Gasteiger partial charge in [-0.15, -0.1) is 15.3 Å². The minimum atomic E-state index is -3.57. The van der Waals surface area contributed by atoms with Crippen molar-refractivity contribution in [1.82, 2.24) is 24.5 Å². The van der Waals surface area contributed by atoms with Gasteiger partial charge in [-0.05, 0) is 43.2 Å². The number of aromatic nitrogens is 4. The lowest BCUT2D eigenvalue weighted by Crippen LogP contribution is -2.26. The van der Waals surface area contributed by atoms with Crippen LogP contribution >= 0.6 is 0 Å². The van der Waals surface area contributed by atoms with Gasteiger partial charge in [0, 0.05) is 33.2 Å². The first-order chi connectivity index (χ1) is 13.5. The van der Waals surface area contributed by atoms with Crippen LogP contribution in [0.25, 0.3) is 5.65 Å². The molecule has 2 N–H and O–H groups in total. The molecule has 0 spiro atoms. The normalized spacial score (nSPS) is 11.8. The Labute approximate surface area is 164 Å². The van der Waals surface area contributed by atoms with E-state index in [-0.39, 0.29) is 11.4 Å². The van der Waals surface area contributed by atoms with Gasteiger partial charge in [0.1, 0.15) is 5.82 Å². The molecule has 10 heteroatoms. The summed E-state index contributed by atoms with van der Waals surface area (Å²) in [5.41, 5.74) is 1.50. The van der Waals surface area contributed by atoms with Crippen molar-refractivity contribution in [2.24, 2.45) is 0 Å². The Kier molecular flexibility index (Phi) is 6.55. The van der Waals surface area contributed by atoms with Crippen LogP contribution in [0.3, 0.4) is 0 Å². The maximum atomic E-state index is 12.4. The molecule has 0 atom stereocenters. The van der Waals surface area contributed by atoms with Crippen molar-refractivity contribution in [1.29, 1.82) is 0 Å². The van der Waals surface area contributed by atoms with E-state index in [0.29, 0.717) is 30.3 Å². The number of sulfonamides is 1. The molecule has 0 saturated heterocycles. The number of nitrogens with one attached hydrogen (secondary N) is 2. The molecule has 2 heterocycles. The fraction of sp³-hybridized carbons (Fsp3) is 0.389. The maximum absolute atomic E-state index is 12.4. The molecule has 0 saturated carbocycles. The van der Waals surface area contributed by atoms with Crippen LogP contribution in [0, 0.1) is 6.92 Å². The van der Waals surface area contributed by atoms with Gasteiger partial charge in [-0.2, -0.15) is 4.52 Å². The van der Waals surface area contributed by atoms with Crippen LogP contribution in [0.5, 0.6) is 0 Å². The molecule has 28 heavy (non-hydrogen) atoms. The highest BCUT2D eigenvalue weighted by atomic mass is 32.2. The highest BCUT2D eigenvalue weighted by Crippen LogP contribution is 2.11. The summed E-state index contributed by atoms with van der Waals surface area (Å²) in [7, 11) is -1.90. The number of fused-ring (bicyclic) bond motifs is 1. The molecule has 2 aromatic heterocycles. The molecule has 9 nitrogen and oxygen atoms in total. The van der Waals surface area contributed by atoms with Gasteiger partial charge in [-0.1, -0.05) is 12.1 Å². The predicted molar refractivity (Wildman–Crippen MR) is 106 cm³/mol. The second kappa shape index (κ2) is 9.09. The fourth-order valence-electron chi connectivity index (χ4n) is 2.68. The van der Waals surface area contributed by atoms with Crippen molar-refractivity contribution in [2.75, 3.05) is 32.1 Å². The van der Waals surface area contributed by atoms with E-state index in [0.717, 1.165) is 18.5 Å². The van der Waals surface area contributed by atoms with Crippen LogP contribution in [0.2, 0.25) is 0 Å². The highest BCUT2D eigenvalue weighted by molar-refractivity contribution is 7.89. The Balaban J connectivity index is 1.64. The van der Waals surface area contributed by atoms with Crippen molar-refractivity contribution in [3.8, 4) is 0 Å². The van der Waals surface area contributed by atoms with Crippen LogP contribution < -0.4 is 10.0 Å². The van der Waals surface area contributed by atoms with Gasteiger partial charge in [-0.25, -0.2) is 13.1 Å². The molecule has 150 valence electrons. The van der Waals surface area contributed by atoms with Crippen molar-refractivity contribution < 1.29 is 13.2 Å². The van der Waals surface area contributed by atoms with E-state index >= 15 is 0 Å². The van der Waals surface area contributed by atoms with Crippen molar-refractivity contribution in [3.05, 3.63) is 47.8 Å². The fourth-order valence-corrected chi connectivity index (χ4v) is 3.82. The Bertz CT molecular complexity index is 1030. The van der Waals surface area contributed by atoms with Crippen molar-refractivity contribution in [2.45, 2.75) is 24.7 Å². The Hall–Kier alpha value is -2.56. The van der Waals surface area contributed by atoms with E-state index < -0.39 is 10.0 Å². The molecule has 0 unspecified atom stereocenters. The quantitative estimate of drug-likeness (QED) is 0.492. The molecule has 0 aliphatic heterocycles. The summed E-state index contributed by atoms with van der Waals surface area (Å²) in [5.74, 6) is 1.28. The third-order valence-electron chi connectivity index (χ3n) is 4.10. The summed E-state index contributed by atoms with van der Waals surface area (Å²) < 4.78 is 34.1. The van der Waals surface area contributed by atoms with Crippen LogP contribution in [-0.2, 0) is 21.2 Å². The monoisotopic (exact) mass is 404 g/mol. The minimum Gasteiger partial charge on any atom is -0.385 e. The van der Waals surface area contributed by atoms with Gasteiger partial charge in [0.25, 0.3) is 0 Å². The standard InChI is InChI=1S/C18H24N6O3S/c1-14-5-3-6-15(13-14)28(25,26)20-11-9-18-22-21-17-8-7-16(23-24(17)18)19-10-4-12-27-2/h3,5-8,13,20H,4,9-12H2,1-2H3,(H,19,23). The lowest BCUT2D eigenvalue weighted by molar-refractivity contribution is 0.197. The number of ether oxygens (including phenoxy) is 1. The zero-order chi connectivity index (χ0) is 20.0. The summed E-state index contributed by atoms with van der Waals surface area (Å²) in [6.07, 6.45) is 1.23. The highest BCUT2D eigenvalue weighted by Gasteiger charge is 2.14. The van der Waals surface area contributed by atoms with Gasteiger partial charge in [0.2, 0.25) is 10.0 Å². The van der Waals surface area contributed by atoms with Crippen LogP contribution in [-0.4, -0.2) is 55.0 Å². The first-order valence-corrected chi connectivity index (χ1v) is 10.5. The number of hydrogen-bond donors (Lipinski definition) is 2. The number of hydrogen-bond acceptors (Lipinski definition) is 7. The molecule has 0 amide bonds. The van der Waals surface area contributed by atoms with E-state index in [2.05, 4.69) is 25.3 Å². The zero-order valence-electron chi connectivity index (χ0n) is 15.9. The van der Waals surface area contributed by atoms with Gasteiger partial charge < -0.3 is 10.1 Å². The molecular weight excluding hydrogens is 380 g/mol. The first-order valence-electron chi connectivity index (χ1n) is 9.00. The third kappa shape index (κ3) is 5.03. The van der Waals surface area contributed by atoms with Crippen LogP contribution in [0.1, 0.15) is 17.8 Å². The van der Waals surface area contributed by atoms with E-state index in [4.69, 9.17) is 4.74 Å². The third-order valence-corrected chi connectivity index (χ3v) is 5.56. The molecule has 0 bridgehead atoms. The van der Waals surface area contributed by atoms with Crippen LogP contribution in [0.15, 0.2) is 41.3 Å². The molecule has 0 aliphatic carbocycles. The molecule has 1 aromatic carbocycles. The minimum absolute atomic E-state index is 0.199. The molecule has 3 aromatic rings. The topological polar surface area (TPSA) is 111 Å². The van der Waals surface area contributed by atoms with Crippen molar-refractivity contribution in [3.63, 3.8) is 0 Å². The Morgan fingerprint density at radius 3 is 2.79 bits per heavy atom. The van der Waals surface area contributed by atoms with E-state index in [1.807, 2.05) is 25.1 Å². The zero-order valence-corrected chi connectivity index (χ0v) is 16.7. The Morgan fingerprint density at radius 2 is 2.00 bits per heavy atom. The first kappa shape index (κ1) is 20.2. The summed E-state index contributed by atoms with van der Waals surface area (Å²) in [4.78, 5) is 0.249. The van der Waals surface area contributed by atoms with E-state index in [1.54, 1.807) is 29.8 Å². The summed E-state index contributed by atoms with van der Waals surface area (Å²) in [5, 5.41) is 15.9. The second-order valence-corrected chi connectivity index (χ2v) is 8.11. The van der Waals surface area contributed by atoms with E-state index in [9.17, 15) is 8.42 Å². The van der Waals surface area contributed by atoms with Gasteiger partial charge in [0.15, 0.2) is 11.5 Å². The predicted octanol–water partition coefficient (Wildman–Crippen LogP) is 1.40. The summed E-state index contributed by atoms with van der Waals surface area (Å²) in [6, 6.07) is 10.4. The molecule has 0 fully saturated rings. The molecular formula is C18H24N6O3S. The summed E-state index contributed by atoms with van der Waals surface area (Å²) >= 11 is 0. The largest absolute Gasteiger partial charge is 0.385 e. The molecule has 0 radical (unpaired) electrons. The van der Waals surface area contributed by atoms with Gasteiger partial charge in [-0.3, -0.25) is 0 Å². The molecule has 0 aliphatic rings. The number of benzene rings is 1. The van der Waals surface area contributed by atoms with Crippen molar-refractivity contribution >= 4 is 21.5 Å². The Morgan fingerprint density at radius 1 is 1.14 bits per heavy atom. The average Bonchev–Trinajstić information content (AvgIpc) is 3.07. The van der Waals surface area contributed by atoms with Gasteiger partial charge >= 0.3 is 0 Å². The van der Waals surface area contributed by atoms with Gasteiger partial charge in [0.05, 0.1) is 4.90 Å². The smallest absolute Gasteiger partial charge is 0.240 e. The number of nitrogens with zero attached hydrogens (tertiary/aromatic N) is 4. The second-order valence-electron chi connectivity index (χ2n) is 6.34. The number of aryl methyl sites for hydroxylation is 1. The van der Waals surface area contributed by atoms with E-state index in [1.165, 1.54) is 0 Å².